The maximum Gasteiger partial charge on any atom is 0.243 e. The Kier molecular flexibility index (Phi) is 6.37. The predicted molar refractivity (Wildman–Crippen MR) is 119 cm³/mol. The summed E-state index contributed by atoms with van der Waals surface area (Å²) in [6.07, 6.45) is 1.07. The van der Waals surface area contributed by atoms with Crippen molar-refractivity contribution >= 4 is 38.7 Å². The number of hydrogen-bond acceptors (Lipinski definition) is 3. The molecule has 1 saturated heterocycles. The number of piperidine rings is 1. The Morgan fingerprint density at radius 3 is 2.21 bits per heavy atom. The molecule has 2 atom stereocenters. The van der Waals surface area contributed by atoms with Gasteiger partial charge < -0.3 is 10.6 Å². The monoisotopic (exact) mass is 417 g/mol. The zero-order chi connectivity index (χ0) is 20.3. The van der Waals surface area contributed by atoms with Gasteiger partial charge in [-0.25, -0.2) is 8.42 Å². The number of sulfonamides is 1. The molecule has 2 aromatic carbocycles. The minimum atomic E-state index is -3.47. The van der Waals surface area contributed by atoms with Gasteiger partial charge in [-0.05, 0) is 73.3 Å². The normalized spacial score (nSPS) is 20.5. The molecule has 7 heteroatoms. The first-order valence-electron chi connectivity index (χ1n) is 9.49. The highest BCUT2D eigenvalue weighted by Gasteiger charge is 2.31. The molecule has 150 valence electrons. The van der Waals surface area contributed by atoms with Crippen LogP contribution in [0, 0.1) is 18.8 Å². The molecular formula is C21H27N3O2S2. The number of para-hydroxylation sites is 1. The molecule has 3 rings (SSSR count). The summed E-state index contributed by atoms with van der Waals surface area (Å²) in [5.41, 5.74) is 2.77. The van der Waals surface area contributed by atoms with Crippen molar-refractivity contribution in [2.45, 2.75) is 32.1 Å². The van der Waals surface area contributed by atoms with Crippen molar-refractivity contribution in [3.05, 3.63) is 54.1 Å². The van der Waals surface area contributed by atoms with Gasteiger partial charge in [0, 0.05) is 24.5 Å². The molecule has 1 fully saturated rings. The number of thiocarbonyl (C=S) groups is 1. The Morgan fingerprint density at radius 1 is 1.00 bits per heavy atom. The Hall–Kier alpha value is -1.96. The van der Waals surface area contributed by atoms with Gasteiger partial charge in [0.15, 0.2) is 5.11 Å². The Balaban J connectivity index is 1.67. The lowest BCUT2D eigenvalue weighted by Crippen LogP contribution is -2.42. The molecule has 0 aliphatic carbocycles. The molecule has 0 amide bonds. The molecule has 0 saturated carbocycles. The Morgan fingerprint density at radius 2 is 1.61 bits per heavy atom. The van der Waals surface area contributed by atoms with Gasteiger partial charge in [-0.1, -0.05) is 32.0 Å². The fraction of sp³-hybridized carbons (Fsp3) is 0.381. The molecule has 2 aromatic rings. The molecule has 1 aliphatic heterocycles. The number of rotatable bonds is 4. The van der Waals surface area contributed by atoms with E-state index < -0.39 is 10.0 Å². The summed E-state index contributed by atoms with van der Waals surface area (Å²) in [6.45, 7) is 7.38. The topological polar surface area (TPSA) is 61.4 Å². The van der Waals surface area contributed by atoms with E-state index in [1.165, 1.54) is 0 Å². The zero-order valence-electron chi connectivity index (χ0n) is 16.5. The summed E-state index contributed by atoms with van der Waals surface area (Å²) in [7, 11) is -3.47. The van der Waals surface area contributed by atoms with Crippen LogP contribution in [0.3, 0.4) is 0 Å². The van der Waals surface area contributed by atoms with E-state index in [4.69, 9.17) is 12.2 Å². The summed E-state index contributed by atoms with van der Waals surface area (Å²) >= 11 is 5.36. The Labute approximate surface area is 173 Å². The minimum absolute atomic E-state index is 0.317. The van der Waals surface area contributed by atoms with E-state index in [0.717, 1.165) is 23.4 Å². The number of nitrogens with zero attached hydrogens (tertiary/aromatic N) is 1. The SMILES string of the molecule is Cc1ccccc1NC(=S)Nc1ccc(S(=O)(=O)N2C[C@H](C)C[C@H](C)C2)cc1. The molecule has 1 heterocycles. The highest BCUT2D eigenvalue weighted by atomic mass is 32.2. The molecule has 1 aliphatic rings. The van der Waals surface area contributed by atoms with E-state index >= 15 is 0 Å². The second kappa shape index (κ2) is 8.59. The van der Waals surface area contributed by atoms with Crippen molar-refractivity contribution in [3.8, 4) is 0 Å². The summed E-state index contributed by atoms with van der Waals surface area (Å²) < 4.78 is 27.5. The fourth-order valence-electron chi connectivity index (χ4n) is 3.66. The van der Waals surface area contributed by atoms with Gasteiger partial charge in [-0.2, -0.15) is 4.31 Å². The van der Waals surface area contributed by atoms with Crippen LogP contribution in [0.2, 0.25) is 0 Å². The van der Waals surface area contributed by atoms with Crippen LogP contribution in [0.25, 0.3) is 0 Å². The number of nitrogens with one attached hydrogen (secondary N) is 2. The quantitative estimate of drug-likeness (QED) is 0.719. The first kappa shape index (κ1) is 20.8. The van der Waals surface area contributed by atoms with Gasteiger partial charge >= 0.3 is 0 Å². The highest BCUT2D eigenvalue weighted by Crippen LogP contribution is 2.27. The van der Waals surface area contributed by atoms with Crippen molar-refractivity contribution in [1.82, 2.24) is 4.31 Å². The number of hydrogen-bond donors (Lipinski definition) is 2. The number of benzene rings is 2. The van der Waals surface area contributed by atoms with Crippen LogP contribution in [-0.4, -0.2) is 30.9 Å². The van der Waals surface area contributed by atoms with Crippen LogP contribution in [0.15, 0.2) is 53.4 Å². The maximum absolute atomic E-state index is 13.0. The lowest BCUT2D eigenvalue weighted by molar-refractivity contribution is 0.222. The van der Waals surface area contributed by atoms with Crippen molar-refractivity contribution in [3.63, 3.8) is 0 Å². The largest absolute Gasteiger partial charge is 0.332 e. The van der Waals surface area contributed by atoms with Gasteiger partial charge in [-0.3, -0.25) is 0 Å². The van der Waals surface area contributed by atoms with Crippen LogP contribution in [-0.2, 0) is 10.0 Å². The van der Waals surface area contributed by atoms with Crippen molar-refractivity contribution in [2.75, 3.05) is 23.7 Å². The molecule has 0 aromatic heterocycles. The minimum Gasteiger partial charge on any atom is -0.332 e. The van der Waals surface area contributed by atoms with E-state index in [0.29, 0.717) is 34.9 Å². The van der Waals surface area contributed by atoms with Crippen LogP contribution in [0.1, 0.15) is 25.8 Å². The molecule has 0 unspecified atom stereocenters. The number of anilines is 2. The maximum atomic E-state index is 13.0. The van der Waals surface area contributed by atoms with E-state index in [2.05, 4.69) is 24.5 Å². The smallest absolute Gasteiger partial charge is 0.243 e. The van der Waals surface area contributed by atoms with E-state index in [9.17, 15) is 8.42 Å². The molecule has 2 N–H and O–H groups in total. The average Bonchev–Trinajstić information content (AvgIpc) is 2.63. The highest BCUT2D eigenvalue weighted by molar-refractivity contribution is 7.89. The average molecular weight is 418 g/mol. The third-order valence-corrected chi connectivity index (χ3v) is 7.03. The van der Waals surface area contributed by atoms with Crippen LogP contribution in [0.4, 0.5) is 11.4 Å². The predicted octanol–water partition coefficient (Wildman–Crippen LogP) is 4.47. The summed E-state index contributed by atoms with van der Waals surface area (Å²) in [5, 5.41) is 6.72. The lowest BCUT2D eigenvalue weighted by atomic mass is 9.94. The van der Waals surface area contributed by atoms with Crippen molar-refractivity contribution < 1.29 is 8.42 Å². The van der Waals surface area contributed by atoms with Crippen molar-refractivity contribution in [2.24, 2.45) is 11.8 Å². The van der Waals surface area contributed by atoms with Crippen LogP contribution < -0.4 is 10.6 Å². The molecular weight excluding hydrogens is 390 g/mol. The van der Waals surface area contributed by atoms with Gasteiger partial charge in [0.2, 0.25) is 10.0 Å². The zero-order valence-corrected chi connectivity index (χ0v) is 18.1. The van der Waals surface area contributed by atoms with E-state index in [-0.39, 0.29) is 0 Å². The van der Waals surface area contributed by atoms with Gasteiger partial charge in [0.25, 0.3) is 0 Å². The second-order valence-corrected chi connectivity index (χ2v) is 10.0. The summed E-state index contributed by atoms with van der Waals surface area (Å²) in [5.74, 6) is 0.758. The molecule has 0 spiro atoms. The fourth-order valence-corrected chi connectivity index (χ4v) is 5.57. The first-order chi connectivity index (χ1) is 13.3. The second-order valence-electron chi connectivity index (χ2n) is 7.69. The van der Waals surface area contributed by atoms with Gasteiger partial charge in [0.1, 0.15) is 0 Å². The van der Waals surface area contributed by atoms with Crippen LogP contribution in [0.5, 0.6) is 0 Å². The lowest BCUT2D eigenvalue weighted by Gasteiger charge is -2.34. The van der Waals surface area contributed by atoms with Crippen LogP contribution >= 0.6 is 12.2 Å². The Bertz CT molecular complexity index is 932. The van der Waals surface area contributed by atoms with Crippen molar-refractivity contribution in [1.29, 1.82) is 0 Å². The summed E-state index contributed by atoms with van der Waals surface area (Å²) in [4.78, 5) is 0.317. The molecule has 5 nitrogen and oxygen atoms in total. The standard InChI is InChI=1S/C21H27N3O2S2/c1-15-12-16(2)14-24(13-15)28(25,26)19-10-8-18(9-11-19)22-21(27)23-20-7-5-4-6-17(20)3/h4-11,15-16H,12-14H2,1-3H3,(H2,22,23,27)/t15-,16+. The molecule has 28 heavy (non-hydrogen) atoms. The third kappa shape index (κ3) is 4.90. The van der Waals surface area contributed by atoms with E-state index in [1.807, 2.05) is 31.2 Å². The molecule has 0 radical (unpaired) electrons. The number of aryl methyl sites for hydroxylation is 1. The van der Waals surface area contributed by atoms with E-state index in [1.54, 1.807) is 28.6 Å². The molecule has 0 bridgehead atoms. The van der Waals surface area contributed by atoms with Gasteiger partial charge in [0.05, 0.1) is 4.90 Å². The van der Waals surface area contributed by atoms with Gasteiger partial charge in [-0.15, -0.1) is 0 Å². The third-order valence-electron chi connectivity index (χ3n) is 4.98. The first-order valence-corrected chi connectivity index (χ1v) is 11.3. The summed E-state index contributed by atoms with van der Waals surface area (Å²) in [6, 6.07) is 14.6.